The lowest BCUT2D eigenvalue weighted by Crippen LogP contribution is -2.49. The lowest BCUT2D eigenvalue weighted by molar-refractivity contribution is -0.164. The van der Waals surface area contributed by atoms with Crippen molar-refractivity contribution >= 4 is 17.8 Å². The Morgan fingerprint density at radius 1 is 0.486 bits per heavy atom. The van der Waals surface area contributed by atoms with E-state index in [0.29, 0.717) is 58.1 Å². The van der Waals surface area contributed by atoms with E-state index in [0.717, 1.165) is 71.4 Å². The summed E-state index contributed by atoms with van der Waals surface area (Å²) in [6, 6.07) is 0. The number of carbonyl (C=O) groups excluding carboxylic acids is 3. The average Bonchev–Trinajstić information content (AvgIpc) is 3.37. The lowest BCUT2D eigenvalue weighted by atomic mass is 9.86. The summed E-state index contributed by atoms with van der Waals surface area (Å²) in [6.45, 7) is 26.4. The third-order valence-corrected chi connectivity index (χ3v) is 14.2. The maximum atomic E-state index is 13.0. The highest BCUT2D eigenvalue weighted by atomic mass is 16.7. The van der Waals surface area contributed by atoms with E-state index in [4.69, 9.17) is 28.4 Å². The predicted molar refractivity (Wildman–Crippen MR) is 301 cm³/mol. The standard InChI is InChI=1S/C38H74N2O6.C23H46O3/c1-7-11-13-15-17-19-21-27-43-37(44-28-22-20-18-16-14-12-8-2)25-24-36(41)46-35-30-34(33(5)6)31-40(32-35)38(42)45-29-23-26-39(9-3)10-4;1-4-6-8-10-12-14-16-20-25-23(19-18-22(3)24)26-21-17-15-13-11-9-7-5-2/h33-35,37H,7-32H2,1-6H3;23H,4-21H2,1-3H3. The van der Waals surface area contributed by atoms with Crippen molar-refractivity contribution in [1.82, 2.24) is 9.80 Å². The van der Waals surface area contributed by atoms with Gasteiger partial charge in [-0.15, -0.1) is 0 Å². The highest BCUT2D eigenvalue weighted by Gasteiger charge is 2.34. The highest BCUT2D eigenvalue weighted by Crippen LogP contribution is 2.27. The number of carbonyl (C=O) groups is 3. The van der Waals surface area contributed by atoms with Crippen LogP contribution in [0.4, 0.5) is 4.79 Å². The van der Waals surface area contributed by atoms with E-state index in [-0.39, 0.29) is 48.9 Å². The number of hydrogen-bond acceptors (Lipinski definition) is 10. The van der Waals surface area contributed by atoms with Crippen molar-refractivity contribution in [2.24, 2.45) is 11.8 Å². The molecule has 0 aromatic carbocycles. The molecule has 0 aromatic rings. The summed E-state index contributed by atoms with van der Waals surface area (Å²) >= 11 is 0. The topological polar surface area (TPSA) is 113 Å². The zero-order valence-electron chi connectivity index (χ0n) is 49.1. The van der Waals surface area contributed by atoms with Gasteiger partial charge in [0.2, 0.25) is 0 Å². The molecule has 1 aliphatic heterocycles. The molecule has 428 valence electrons. The number of rotatable bonds is 50. The summed E-state index contributed by atoms with van der Waals surface area (Å²) in [6.07, 6.45) is 37.7. The molecule has 1 aliphatic rings. The fourth-order valence-electron chi connectivity index (χ4n) is 9.21. The third kappa shape index (κ3) is 44.5. The van der Waals surface area contributed by atoms with Crippen molar-refractivity contribution in [3.05, 3.63) is 0 Å². The molecule has 1 saturated heterocycles. The van der Waals surface area contributed by atoms with E-state index < -0.39 is 0 Å². The third-order valence-electron chi connectivity index (χ3n) is 14.2. The first-order valence-corrected chi connectivity index (χ1v) is 30.8. The summed E-state index contributed by atoms with van der Waals surface area (Å²) in [7, 11) is 0. The van der Waals surface area contributed by atoms with Crippen LogP contribution in [-0.2, 0) is 38.0 Å². The Labute approximate surface area is 445 Å². The highest BCUT2D eigenvalue weighted by molar-refractivity contribution is 5.75. The number of likely N-dealkylation sites (tertiary alicyclic amines) is 1. The second-order valence-electron chi connectivity index (χ2n) is 21.4. The predicted octanol–water partition coefficient (Wildman–Crippen LogP) is 16.6. The molecule has 0 bridgehead atoms. The average molecular weight is 1030 g/mol. The summed E-state index contributed by atoms with van der Waals surface area (Å²) in [4.78, 5) is 41.3. The van der Waals surface area contributed by atoms with Crippen LogP contribution in [0.1, 0.15) is 281 Å². The number of hydrogen-bond donors (Lipinski definition) is 0. The van der Waals surface area contributed by atoms with Crippen LogP contribution >= 0.6 is 0 Å². The van der Waals surface area contributed by atoms with E-state index in [1.807, 2.05) is 0 Å². The van der Waals surface area contributed by atoms with Crippen LogP contribution in [0.25, 0.3) is 0 Å². The second kappa shape index (κ2) is 52.6. The Balaban J connectivity index is 0.00000164. The second-order valence-corrected chi connectivity index (χ2v) is 21.4. The molecule has 1 fully saturated rings. The van der Waals surface area contributed by atoms with Crippen LogP contribution in [-0.4, -0.2) is 112 Å². The normalized spacial score (nSPS) is 14.9. The molecule has 1 rings (SSSR count). The minimum atomic E-state index is -0.384. The molecular formula is C61H120N2O9. The van der Waals surface area contributed by atoms with Crippen molar-refractivity contribution in [3.8, 4) is 0 Å². The Bertz CT molecular complexity index is 1150. The summed E-state index contributed by atoms with van der Waals surface area (Å²) < 4.78 is 35.7. The van der Waals surface area contributed by atoms with E-state index in [2.05, 4.69) is 60.3 Å². The first kappa shape index (κ1) is 70.2. The molecule has 2 atom stereocenters. The fraction of sp³-hybridized carbons (Fsp3) is 0.951. The maximum absolute atomic E-state index is 13.0. The number of ether oxygens (including phenoxy) is 6. The first-order chi connectivity index (χ1) is 35.0. The number of Topliss-reactive ketones (excluding diaryl/α,β-unsaturated/α-hetero) is 1. The van der Waals surface area contributed by atoms with Crippen LogP contribution in [0.3, 0.4) is 0 Å². The van der Waals surface area contributed by atoms with E-state index >= 15 is 0 Å². The van der Waals surface area contributed by atoms with Gasteiger partial charge in [0, 0.05) is 58.8 Å². The molecule has 11 heteroatoms. The number of esters is 1. The molecule has 0 aromatic heterocycles. The van der Waals surface area contributed by atoms with E-state index in [9.17, 15) is 14.4 Å². The van der Waals surface area contributed by atoms with Gasteiger partial charge in [-0.3, -0.25) is 4.79 Å². The molecule has 0 aliphatic carbocycles. The van der Waals surface area contributed by atoms with E-state index in [1.165, 1.54) is 154 Å². The van der Waals surface area contributed by atoms with Crippen molar-refractivity contribution in [2.75, 3.05) is 65.8 Å². The van der Waals surface area contributed by atoms with Gasteiger partial charge in [0.15, 0.2) is 12.6 Å². The Morgan fingerprint density at radius 2 is 0.861 bits per heavy atom. The molecule has 0 radical (unpaired) electrons. The minimum absolute atomic E-state index is 0.195. The summed E-state index contributed by atoms with van der Waals surface area (Å²) in [5, 5.41) is 0. The van der Waals surface area contributed by atoms with Crippen LogP contribution in [0.5, 0.6) is 0 Å². The van der Waals surface area contributed by atoms with Gasteiger partial charge in [-0.05, 0) is 70.4 Å². The largest absolute Gasteiger partial charge is 0.460 e. The van der Waals surface area contributed by atoms with Crippen LogP contribution in [0, 0.1) is 11.8 Å². The zero-order valence-corrected chi connectivity index (χ0v) is 49.1. The number of unbranched alkanes of at least 4 members (excludes halogenated alkanes) is 24. The van der Waals surface area contributed by atoms with Gasteiger partial charge in [0.1, 0.15) is 11.9 Å². The quantitative estimate of drug-likeness (QED) is 0.0332. The van der Waals surface area contributed by atoms with Gasteiger partial charge in [0.05, 0.1) is 19.6 Å². The van der Waals surface area contributed by atoms with Crippen LogP contribution < -0.4 is 0 Å². The molecule has 0 spiro atoms. The Hall–Kier alpha value is -1.79. The fourth-order valence-corrected chi connectivity index (χ4v) is 9.21. The summed E-state index contributed by atoms with van der Waals surface area (Å²) in [5.41, 5.74) is 0. The van der Waals surface area contributed by atoms with Crippen LogP contribution in [0.15, 0.2) is 0 Å². The Morgan fingerprint density at radius 3 is 1.22 bits per heavy atom. The van der Waals surface area contributed by atoms with Crippen molar-refractivity contribution in [1.29, 1.82) is 0 Å². The maximum Gasteiger partial charge on any atom is 0.409 e. The first-order valence-electron chi connectivity index (χ1n) is 30.8. The number of amides is 1. The molecule has 0 N–H and O–H groups in total. The van der Waals surface area contributed by atoms with Crippen molar-refractivity contribution in [2.45, 2.75) is 299 Å². The monoisotopic (exact) mass is 1020 g/mol. The van der Waals surface area contributed by atoms with Gasteiger partial charge >= 0.3 is 12.1 Å². The SMILES string of the molecule is CCCCCCCCCOC(CCC(=O)OC1CC(C(C)C)CN(C(=O)OCCCN(CC)CC)C1)OCCCCCCCCC.CCCCCCCCCOC(CCC(C)=O)OCCCCCCCCC. The van der Waals surface area contributed by atoms with Crippen molar-refractivity contribution in [3.63, 3.8) is 0 Å². The molecule has 1 amide bonds. The van der Waals surface area contributed by atoms with Gasteiger partial charge in [-0.1, -0.05) is 209 Å². The molecular weight excluding hydrogens is 905 g/mol. The molecule has 1 heterocycles. The van der Waals surface area contributed by atoms with Crippen molar-refractivity contribution < 1.29 is 42.8 Å². The Kier molecular flexibility index (Phi) is 51.3. The zero-order chi connectivity index (χ0) is 53.1. The van der Waals surface area contributed by atoms with Gasteiger partial charge in [-0.2, -0.15) is 0 Å². The van der Waals surface area contributed by atoms with Gasteiger partial charge < -0.3 is 43.0 Å². The summed E-state index contributed by atoms with van der Waals surface area (Å²) in [5.74, 6) is 0.613. The molecule has 72 heavy (non-hydrogen) atoms. The van der Waals surface area contributed by atoms with E-state index in [1.54, 1.807) is 11.8 Å². The van der Waals surface area contributed by atoms with Crippen LogP contribution in [0.2, 0.25) is 0 Å². The minimum Gasteiger partial charge on any atom is -0.460 e. The smallest absolute Gasteiger partial charge is 0.409 e. The number of piperidine rings is 1. The molecule has 0 saturated carbocycles. The number of ketones is 1. The number of nitrogens with zero attached hydrogens (tertiary/aromatic N) is 2. The van der Waals surface area contributed by atoms with Gasteiger partial charge in [-0.25, -0.2) is 4.79 Å². The lowest BCUT2D eigenvalue weighted by Gasteiger charge is -2.38. The molecule has 11 nitrogen and oxygen atoms in total. The van der Waals surface area contributed by atoms with Gasteiger partial charge in [0.25, 0.3) is 0 Å². The molecule has 2 unspecified atom stereocenters.